The minimum atomic E-state index is -1.23. The van der Waals surface area contributed by atoms with Crippen molar-refractivity contribution >= 4 is 28.4 Å². The molecule has 3 aromatic rings. The maximum absolute atomic E-state index is 14.5. The van der Waals surface area contributed by atoms with Gasteiger partial charge in [0, 0.05) is 24.3 Å². The third-order valence-corrected chi connectivity index (χ3v) is 5.92. The molecule has 0 bridgehead atoms. The number of nitrogens with zero attached hydrogens (tertiary/aromatic N) is 2. The van der Waals surface area contributed by atoms with Crippen LogP contribution in [0, 0.1) is 11.6 Å². The smallest absolute Gasteiger partial charge is 0.256 e. The molecule has 1 fully saturated rings. The third kappa shape index (κ3) is 3.36. The summed E-state index contributed by atoms with van der Waals surface area (Å²) in [4.78, 5) is 28.1. The molecule has 0 radical (unpaired) electrons. The molecule has 3 heterocycles. The van der Waals surface area contributed by atoms with E-state index in [1.807, 2.05) is 0 Å². The van der Waals surface area contributed by atoms with Crippen LogP contribution in [0.4, 0.5) is 8.78 Å². The fraction of sp³-hybridized carbons (Fsp3) is 0.273. The summed E-state index contributed by atoms with van der Waals surface area (Å²) < 4.78 is 35.8. The molecule has 9 heteroatoms. The van der Waals surface area contributed by atoms with Gasteiger partial charge in [0.25, 0.3) is 5.91 Å². The predicted octanol–water partition coefficient (Wildman–Crippen LogP) is 3.85. The normalized spacial score (nSPS) is 15.1. The van der Waals surface area contributed by atoms with Gasteiger partial charge >= 0.3 is 0 Å². The highest BCUT2D eigenvalue weighted by Crippen LogP contribution is 2.42. The lowest BCUT2D eigenvalue weighted by atomic mass is 10.1. The third-order valence-electron chi connectivity index (χ3n) is 5.69. The number of carbonyl (C=O) groups excluding carboxylic acids is 1. The molecule has 0 spiro atoms. The molecular weight excluding hydrogens is 428 g/mol. The quantitative estimate of drug-likeness (QED) is 0.518. The Morgan fingerprint density at radius 3 is 2.74 bits per heavy atom. The number of benzene rings is 2. The summed E-state index contributed by atoms with van der Waals surface area (Å²) in [6.07, 6.45) is 3.60. The molecule has 0 atom stereocenters. The van der Waals surface area contributed by atoms with Crippen LogP contribution in [0.5, 0.6) is 11.5 Å². The lowest BCUT2D eigenvalue weighted by Crippen LogP contribution is -2.36. The first-order valence-electron chi connectivity index (χ1n) is 10.00. The highest BCUT2D eigenvalue weighted by Gasteiger charge is 2.28. The lowest BCUT2D eigenvalue weighted by molar-refractivity contribution is 0.0948. The van der Waals surface area contributed by atoms with Gasteiger partial charge in [-0.05, 0) is 50.2 Å². The van der Waals surface area contributed by atoms with E-state index in [-0.39, 0.29) is 22.2 Å². The molecule has 5 rings (SSSR count). The van der Waals surface area contributed by atoms with E-state index in [0.29, 0.717) is 23.8 Å². The van der Waals surface area contributed by atoms with Crippen molar-refractivity contribution < 1.29 is 18.3 Å². The van der Waals surface area contributed by atoms with E-state index in [2.05, 4.69) is 10.2 Å². The maximum atomic E-state index is 14.5. The molecule has 160 valence electrons. The Morgan fingerprint density at radius 2 is 1.97 bits per heavy atom. The molecule has 2 aromatic carbocycles. The van der Waals surface area contributed by atoms with Crippen molar-refractivity contribution in [2.45, 2.75) is 12.8 Å². The number of amides is 1. The Balaban J connectivity index is 1.61. The van der Waals surface area contributed by atoms with Gasteiger partial charge < -0.3 is 19.5 Å². The van der Waals surface area contributed by atoms with Crippen molar-refractivity contribution in [2.75, 3.05) is 26.2 Å². The second kappa shape index (κ2) is 7.62. The number of hydrogen-bond acceptors (Lipinski definition) is 4. The van der Waals surface area contributed by atoms with Crippen LogP contribution in [0.1, 0.15) is 23.2 Å². The second-order valence-electron chi connectivity index (χ2n) is 7.66. The summed E-state index contributed by atoms with van der Waals surface area (Å²) in [5, 5.41) is 3.00. The molecule has 1 aromatic heterocycles. The average molecular weight is 446 g/mol. The fourth-order valence-electron chi connectivity index (χ4n) is 4.15. The Bertz CT molecular complexity index is 1290. The number of ether oxygens (including phenoxy) is 1. The van der Waals surface area contributed by atoms with Gasteiger partial charge in [-0.1, -0.05) is 11.6 Å². The van der Waals surface area contributed by atoms with E-state index < -0.39 is 28.7 Å². The van der Waals surface area contributed by atoms with Crippen LogP contribution in [-0.2, 0) is 0 Å². The summed E-state index contributed by atoms with van der Waals surface area (Å²) in [6, 6.07) is 5.44. The van der Waals surface area contributed by atoms with E-state index in [1.54, 1.807) is 12.1 Å². The first kappa shape index (κ1) is 20.0. The average Bonchev–Trinajstić information content (AvgIpc) is 3.27. The molecule has 31 heavy (non-hydrogen) atoms. The first-order valence-corrected chi connectivity index (χ1v) is 10.4. The molecule has 0 aliphatic carbocycles. The highest BCUT2D eigenvalue weighted by atomic mass is 35.5. The lowest BCUT2D eigenvalue weighted by Gasteiger charge is -2.24. The second-order valence-corrected chi connectivity index (χ2v) is 8.09. The van der Waals surface area contributed by atoms with Gasteiger partial charge in [-0.2, -0.15) is 4.39 Å². The van der Waals surface area contributed by atoms with Crippen molar-refractivity contribution in [1.82, 2.24) is 14.8 Å². The van der Waals surface area contributed by atoms with Gasteiger partial charge in [0.2, 0.25) is 11.2 Å². The van der Waals surface area contributed by atoms with Gasteiger partial charge in [0.1, 0.15) is 11.1 Å². The zero-order valence-electron chi connectivity index (χ0n) is 16.4. The van der Waals surface area contributed by atoms with Gasteiger partial charge in [-0.3, -0.25) is 9.59 Å². The van der Waals surface area contributed by atoms with Crippen LogP contribution in [-0.4, -0.2) is 41.6 Å². The van der Waals surface area contributed by atoms with Crippen molar-refractivity contribution in [3.63, 3.8) is 0 Å². The molecule has 1 N–H and O–H groups in total. The Labute approximate surface area is 181 Å². The topological polar surface area (TPSA) is 63.6 Å². The van der Waals surface area contributed by atoms with Gasteiger partial charge in [-0.25, -0.2) is 4.39 Å². The standard InChI is InChI=1S/C22H18ClF2N3O3/c23-12-3-4-17-16(9-12)28-11-14(22(30)26-5-8-27-6-1-2-7-27)20(29)13-10-15(24)18(25)21(31-17)19(13)28/h3-4,9-11H,1-2,5-8H2,(H,26,30). The number of carbonyl (C=O) groups is 1. The first-order chi connectivity index (χ1) is 14.9. The number of aromatic nitrogens is 1. The largest absolute Gasteiger partial charge is 0.450 e. The van der Waals surface area contributed by atoms with Gasteiger partial charge in [0.05, 0.1) is 11.1 Å². The number of rotatable bonds is 4. The predicted molar refractivity (Wildman–Crippen MR) is 113 cm³/mol. The number of likely N-dealkylation sites (tertiary alicyclic amines) is 1. The minimum Gasteiger partial charge on any atom is -0.450 e. The Morgan fingerprint density at radius 1 is 1.19 bits per heavy atom. The van der Waals surface area contributed by atoms with E-state index in [1.165, 1.54) is 16.8 Å². The molecule has 2 aliphatic rings. The van der Waals surface area contributed by atoms with E-state index in [9.17, 15) is 18.4 Å². The monoisotopic (exact) mass is 445 g/mol. The van der Waals surface area contributed by atoms with Crippen molar-refractivity contribution in [3.8, 4) is 17.2 Å². The van der Waals surface area contributed by atoms with E-state index >= 15 is 0 Å². The van der Waals surface area contributed by atoms with Crippen LogP contribution in [0.15, 0.2) is 35.3 Å². The minimum absolute atomic E-state index is 0.0484. The number of pyridine rings is 1. The highest BCUT2D eigenvalue weighted by molar-refractivity contribution is 6.30. The molecule has 1 saturated heterocycles. The van der Waals surface area contributed by atoms with Gasteiger partial charge in [-0.15, -0.1) is 0 Å². The van der Waals surface area contributed by atoms with E-state index in [0.717, 1.165) is 32.0 Å². The Kier molecular flexibility index (Phi) is 4.91. The summed E-state index contributed by atoms with van der Waals surface area (Å²) >= 11 is 6.11. The molecular formula is C22H18ClF2N3O3. The van der Waals surface area contributed by atoms with Crippen molar-refractivity contribution in [1.29, 1.82) is 0 Å². The van der Waals surface area contributed by atoms with Crippen LogP contribution >= 0.6 is 11.6 Å². The number of nitrogens with one attached hydrogen (secondary N) is 1. The van der Waals surface area contributed by atoms with Crippen molar-refractivity contribution in [3.05, 3.63) is 62.9 Å². The molecule has 2 aliphatic heterocycles. The summed E-state index contributed by atoms with van der Waals surface area (Å²) in [7, 11) is 0. The fourth-order valence-corrected chi connectivity index (χ4v) is 4.32. The van der Waals surface area contributed by atoms with Crippen molar-refractivity contribution in [2.24, 2.45) is 0 Å². The number of fused-ring (bicyclic) bond motifs is 2. The zero-order chi connectivity index (χ0) is 21.7. The molecule has 0 unspecified atom stereocenters. The summed E-state index contributed by atoms with van der Waals surface area (Å²) in [5.74, 6) is -3.18. The summed E-state index contributed by atoms with van der Waals surface area (Å²) in [6.45, 7) is 3.04. The molecule has 1 amide bonds. The van der Waals surface area contributed by atoms with Crippen LogP contribution in [0.3, 0.4) is 0 Å². The van der Waals surface area contributed by atoms with Crippen LogP contribution in [0.25, 0.3) is 16.6 Å². The Hall–Kier alpha value is -2.97. The van der Waals surface area contributed by atoms with Crippen LogP contribution < -0.4 is 15.5 Å². The van der Waals surface area contributed by atoms with E-state index in [4.69, 9.17) is 16.3 Å². The van der Waals surface area contributed by atoms with Gasteiger partial charge in [0.15, 0.2) is 17.3 Å². The zero-order valence-corrected chi connectivity index (χ0v) is 17.1. The van der Waals surface area contributed by atoms with Crippen LogP contribution in [0.2, 0.25) is 5.02 Å². The summed E-state index contributed by atoms with van der Waals surface area (Å²) in [5.41, 5.74) is -0.396. The molecule has 0 saturated carbocycles. The number of hydrogen-bond donors (Lipinski definition) is 1. The molecule has 6 nitrogen and oxygen atoms in total. The maximum Gasteiger partial charge on any atom is 0.256 e. The number of halogens is 3. The SMILES string of the molecule is O=C(NCCN1CCCC1)c1cn2c3c(c(F)c(F)cc3c1=O)Oc1ccc(Cl)cc1-2.